The van der Waals surface area contributed by atoms with E-state index in [2.05, 4.69) is 41.4 Å². The van der Waals surface area contributed by atoms with Crippen molar-refractivity contribution in [3.05, 3.63) is 16.9 Å². The molecule has 2 amide bonds. The Bertz CT molecular complexity index is 940. The molecule has 0 spiro atoms. The third-order valence-corrected chi connectivity index (χ3v) is 5.48. The van der Waals surface area contributed by atoms with Crippen molar-refractivity contribution in [2.24, 2.45) is 0 Å². The molecule has 0 saturated carbocycles. The number of methoxy groups -OCH3 is 1. The highest BCUT2D eigenvalue weighted by atomic mass is 79.9. The summed E-state index contributed by atoms with van der Waals surface area (Å²) in [5.74, 6) is -0.128. The van der Waals surface area contributed by atoms with Crippen LogP contribution in [0.5, 0.6) is 0 Å². The zero-order chi connectivity index (χ0) is 22.6. The highest BCUT2D eigenvalue weighted by Crippen LogP contribution is 2.39. The first-order valence-corrected chi connectivity index (χ1v) is 11.2. The number of carbonyl (C=O) groups is 2. The Hall–Kier alpha value is -2.33. The van der Waals surface area contributed by atoms with Crippen molar-refractivity contribution in [1.29, 1.82) is 0 Å². The molecule has 31 heavy (non-hydrogen) atoms. The Kier molecular flexibility index (Phi) is 7.42. The number of aromatic amines is 1. The molecule has 2 aromatic rings. The number of ether oxygens (including phenoxy) is 2. The molecular weight excluding hydrogens is 466 g/mol. The first-order chi connectivity index (χ1) is 14.7. The number of piperidine rings is 1. The van der Waals surface area contributed by atoms with Crippen LogP contribution in [0.4, 0.5) is 16.2 Å². The number of nitrogens with zero attached hydrogens (tertiary/aromatic N) is 2. The van der Waals surface area contributed by atoms with Crippen LogP contribution in [0, 0.1) is 0 Å². The zero-order valence-corrected chi connectivity index (χ0v) is 20.0. The van der Waals surface area contributed by atoms with Gasteiger partial charge in [0.1, 0.15) is 11.2 Å². The second-order valence-corrected chi connectivity index (χ2v) is 9.46. The van der Waals surface area contributed by atoms with Gasteiger partial charge in [0, 0.05) is 38.6 Å². The van der Waals surface area contributed by atoms with E-state index in [4.69, 9.17) is 9.47 Å². The number of pyridine rings is 1. The van der Waals surface area contributed by atoms with E-state index in [1.54, 1.807) is 19.5 Å². The monoisotopic (exact) mass is 495 g/mol. The van der Waals surface area contributed by atoms with E-state index >= 15 is 0 Å². The Morgan fingerprint density at radius 2 is 2.16 bits per heavy atom. The fourth-order valence-corrected chi connectivity index (χ4v) is 4.19. The molecule has 2 aromatic heterocycles. The topological polar surface area (TPSA) is 109 Å². The van der Waals surface area contributed by atoms with Gasteiger partial charge in [0.15, 0.2) is 0 Å². The summed E-state index contributed by atoms with van der Waals surface area (Å²) in [6.07, 6.45) is 5.14. The maximum absolute atomic E-state index is 12.3. The molecule has 0 unspecified atom stereocenters. The standard InChI is InChI=1S/C21H30BrN5O4/c1-21(2,3)31-20(29)25-13-6-5-8-27(12-13)18-14(22)10-23-19-17(18)15(11-24-19)26-16(28)7-9-30-4/h10-11,13H,5-9,12H2,1-4H3,(H,23,24)(H,25,29)(H,26,28)/t13-/m1/s1. The number of hydrogen-bond donors (Lipinski definition) is 3. The van der Waals surface area contributed by atoms with Crippen molar-refractivity contribution in [2.75, 3.05) is 37.0 Å². The van der Waals surface area contributed by atoms with Gasteiger partial charge in [-0.2, -0.15) is 0 Å². The first-order valence-electron chi connectivity index (χ1n) is 10.4. The minimum Gasteiger partial charge on any atom is -0.444 e. The molecule has 3 heterocycles. The van der Waals surface area contributed by atoms with Crippen LogP contribution in [0.1, 0.15) is 40.0 Å². The molecule has 1 saturated heterocycles. The van der Waals surface area contributed by atoms with Gasteiger partial charge in [0.2, 0.25) is 5.91 Å². The number of halogens is 1. The number of amides is 2. The lowest BCUT2D eigenvalue weighted by Gasteiger charge is -2.36. The van der Waals surface area contributed by atoms with Crippen molar-refractivity contribution in [3.8, 4) is 0 Å². The second kappa shape index (κ2) is 9.86. The summed E-state index contributed by atoms with van der Waals surface area (Å²) in [7, 11) is 1.57. The van der Waals surface area contributed by atoms with Crippen LogP contribution in [0.15, 0.2) is 16.9 Å². The van der Waals surface area contributed by atoms with Gasteiger partial charge in [-0.3, -0.25) is 4.79 Å². The number of hydrogen-bond acceptors (Lipinski definition) is 6. The average Bonchev–Trinajstić information content (AvgIpc) is 3.07. The number of nitrogens with one attached hydrogen (secondary N) is 3. The molecule has 10 heteroatoms. The van der Waals surface area contributed by atoms with Gasteiger partial charge in [-0.25, -0.2) is 9.78 Å². The molecule has 170 valence electrons. The highest BCUT2D eigenvalue weighted by molar-refractivity contribution is 9.10. The third kappa shape index (κ3) is 6.10. The van der Waals surface area contributed by atoms with Crippen molar-refractivity contribution in [3.63, 3.8) is 0 Å². The first kappa shape index (κ1) is 23.3. The van der Waals surface area contributed by atoms with Gasteiger partial charge >= 0.3 is 6.09 Å². The number of H-pyrrole nitrogens is 1. The van der Waals surface area contributed by atoms with Crippen molar-refractivity contribution >= 4 is 50.3 Å². The lowest BCUT2D eigenvalue weighted by Crippen LogP contribution is -2.49. The van der Waals surface area contributed by atoms with Crippen molar-refractivity contribution in [1.82, 2.24) is 15.3 Å². The lowest BCUT2D eigenvalue weighted by atomic mass is 10.0. The van der Waals surface area contributed by atoms with E-state index in [0.717, 1.165) is 34.9 Å². The van der Waals surface area contributed by atoms with Crippen LogP contribution < -0.4 is 15.5 Å². The molecule has 1 atom stereocenters. The molecule has 0 radical (unpaired) electrons. The Morgan fingerprint density at radius 3 is 2.87 bits per heavy atom. The van der Waals surface area contributed by atoms with E-state index in [1.807, 2.05) is 20.8 Å². The smallest absolute Gasteiger partial charge is 0.407 e. The van der Waals surface area contributed by atoms with Crippen molar-refractivity contribution in [2.45, 2.75) is 51.7 Å². The van der Waals surface area contributed by atoms with Gasteiger partial charge in [-0.05, 0) is 49.5 Å². The number of anilines is 2. The van der Waals surface area contributed by atoms with Gasteiger partial charge in [-0.15, -0.1) is 0 Å². The number of rotatable bonds is 6. The molecule has 3 rings (SSSR count). The Labute approximate surface area is 190 Å². The molecule has 9 nitrogen and oxygen atoms in total. The predicted octanol–water partition coefficient (Wildman–Crippen LogP) is 3.79. The summed E-state index contributed by atoms with van der Waals surface area (Å²) in [4.78, 5) is 34.3. The minimum absolute atomic E-state index is 0.0441. The van der Waals surface area contributed by atoms with E-state index in [1.165, 1.54) is 0 Å². The van der Waals surface area contributed by atoms with Crippen LogP contribution in [-0.4, -0.2) is 60.4 Å². The van der Waals surface area contributed by atoms with E-state index in [-0.39, 0.29) is 18.4 Å². The number of aromatic nitrogens is 2. The van der Waals surface area contributed by atoms with Crippen LogP contribution in [0.2, 0.25) is 0 Å². The molecule has 1 aliphatic heterocycles. The van der Waals surface area contributed by atoms with Crippen LogP contribution in [0.3, 0.4) is 0 Å². The van der Waals surface area contributed by atoms with Crippen molar-refractivity contribution < 1.29 is 19.1 Å². The molecule has 1 fully saturated rings. The van der Waals surface area contributed by atoms with Crippen LogP contribution in [0.25, 0.3) is 11.0 Å². The fraction of sp³-hybridized carbons (Fsp3) is 0.571. The predicted molar refractivity (Wildman–Crippen MR) is 124 cm³/mol. The lowest BCUT2D eigenvalue weighted by molar-refractivity contribution is -0.117. The average molecular weight is 496 g/mol. The molecule has 3 N–H and O–H groups in total. The number of alkyl carbamates (subject to hydrolysis) is 1. The van der Waals surface area contributed by atoms with E-state index in [0.29, 0.717) is 24.5 Å². The highest BCUT2D eigenvalue weighted by Gasteiger charge is 2.27. The zero-order valence-electron chi connectivity index (χ0n) is 18.4. The number of fused-ring (bicyclic) bond motifs is 1. The maximum atomic E-state index is 12.3. The number of carbonyl (C=O) groups excluding carboxylic acids is 2. The van der Waals surface area contributed by atoms with Gasteiger partial charge in [0.05, 0.1) is 34.3 Å². The summed E-state index contributed by atoms with van der Waals surface area (Å²) in [6, 6.07) is -0.0441. The molecule has 0 bridgehead atoms. The Morgan fingerprint density at radius 1 is 1.39 bits per heavy atom. The SMILES string of the molecule is COCCC(=O)Nc1c[nH]c2ncc(Br)c(N3CCC[C@@H](NC(=O)OC(C)(C)C)C3)c12. The summed E-state index contributed by atoms with van der Waals surface area (Å²) >= 11 is 3.63. The third-order valence-electron chi connectivity index (χ3n) is 4.90. The Balaban J connectivity index is 1.82. The summed E-state index contributed by atoms with van der Waals surface area (Å²) in [5, 5.41) is 6.76. The largest absolute Gasteiger partial charge is 0.444 e. The summed E-state index contributed by atoms with van der Waals surface area (Å²) in [6.45, 7) is 7.34. The van der Waals surface area contributed by atoms with Crippen LogP contribution in [-0.2, 0) is 14.3 Å². The fourth-order valence-electron chi connectivity index (χ4n) is 3.64. The van der Waals surface area contributed by atoms with Gasteiger partial charge in [-0.1, -0.05) is 0 Å². The molecule has 0 aliphatic carbocycles. The van der Waals surface area contributed by atoms with Gasteiger partial charge in [0.25, 0.3) is 0 Å². The normalized spacial score (nSPS) is 16.9. The minimum atomic E-state index is -0.542. The summed E-state index contributed by atoms with van der Waals surface area (Å²) < 4.78 is 11.2. The molecule has 1 aliphatic rings. The molecular formula is C21H30BrN5O4. The second-order valence-electron chi connectivity index (χ2n) is 8.60. The summed E-state index contributed by atoms with van der Waals surface area (Å²) in [5.41, 5.74) is 1.74. The quantitative estimate of drug-likeness (QED) is 0.562. The van der Waals surface area contributed by atoms with Crippen LogP contribution >= 0.6 is 15.9 Å². The maximum Gasteiger partial charge on any atom is 0.407 e. The van der Waals surface area contributed by atoms with Gasteiger partial charge < -0.3 is 30.0 Å². The van der Waals surface area contributed by atoms with E-state index < -0.39 is 11.7 Å². The van der Waals surface area contributed by atoms with E-state index in [9.17, 15) is 9.59 Å². The molecule has 0 aromatic carbocycles.